The van der Waals surface area contributed by atoms with Crippen LogP contribution in [0.5, 0.6) is 0 Å². The number of nitrogens with zero attached hydrogens (tertiary/aromatic N) is 2. The molecule has 4 nitrogen and oxygen atoms in total. The molecule has 1 unspecified atom stereocenters. The van der Waals surface area contributed by atoms with Crippen LogP contribution >= 0.6 is 47.1 Å². The van der Waals surface area contributed by atoms with Crippen LogP contribution in [0.2, 0.25) is 0 Å². The summed E-state index contributed by atoms with van der Waals surface area (Å²) in [4.78, 5) is 8.86. The molecule has 132 valence electrons. The quantitative estimate of drug-likeness (QED) is 0.279. The summed E-state index contributed by atoms with van der Waals surface area (Å²) in [6.07, 6.45) is 3.32. The number of aliphatic imine (C=N–C) groups is 1. The standard InChI is InChI=1S/C16H28N4S2.HI/c1-4-17-16(18-7-10-21-3)19-11-13(2)20-8-5-15-14(12-20)6-9-22-15;/h6,9,13H,4-5,7-8,10-12H2,1-3H3,(H2,17,18,19);1H. The summed E-state index contributed by atoms with van der Waals surface area (Å²) >= 11 is 3.75. The largest absolute Gasteiger partial charge is 0.357 e. The summed E-state index contributed by atoms with van der Waals surface area (Å²) in [5.41, 5.74) is 1.51. The Balaban J connectivity index is 0.00000264. The van der Waals surface area contributed by atoms with E-state index in [1.807, 2.05) is 23.1 Å². The minimum Gasteiger partial charge on any atom is -0.357 e. The number of nitrogens with one attached hydrogen (secondary N) is 2. The molecule has 0 saturated carbocycles. The molecule has 1 aliphatic rings. The minimum atomic E-state index is 0. The fraction of sp³-hybridized carbons (Fsp3) is 0.688. The van der Waals surface area contributed by atoms with Crippen LogP contribution in [0.1, 0.15) is 24.3 Å². The average Bonchev–Trinajstić information content (AvgIpc) is 3.00. The summed E-state index contributed by atoms with van der Waals surface area (Å²) in [5, 5.41) is 8.93. The van der Waals surface area contributed by atoms with Crippen molar-refractivity contribution in [2.75, 3.05) is 38.2 Å². The van der Waals surface area contributed by atoms with Gasteiger partial charge in [-0.1, -0.05) is 0 Å². The maximum atomic E-state index is 4.75. The number of hydrogen-bond acceptors (Lipinski definition) is 4. The highest BCUT2D eigenvalue weighted by molar-refractivity contribution is 14.0. The summed E-state index contributed by atoms with van der Waals surface area (Å²) in [5.74, 6) is 2.05. The normalized spacial score (nSPS) is 16.4. The number of hydrogen-bond donors (Lipinski definition) is 2. The van der Waals surface area contributed by atoms with Crippen LogP contribution < -0.4 is 10.6 Å². The van der Waals surface area contributed by atoms with Gasteiger partial charge in [0.1, 0.15) is 0 Å². The smallest absolute Gasteiger partial charge is 0.191 e. The van der Waals surface area contributed by atoms with Crippen molar-refractivity contribution in [3.63, 3.8) is 0 Å². The second-order valence-electron chi connectivity index (χ2n) is 5.58. The predicted octanol–water partition coefficient (Wildman–Crippen LogP) is 3.03. The van der Waals surface area contributed by atoms with Crippen LogP contribution in [-0.4, -0.2) is 55.1 Å². The van der Waals surface area contributed by atoms with Crippen molar-refractivity contribution in [2.45, 2.75) is 32.9 Å². The molecule has 7 heteroatoms. The van der Waals surface area contributed by atoms with Gasteiger partial charge in [-0.3, -0.25) is 9.89 Å². The van der Waals surface area contributed by atoms with Gasteiger partial charge >= 0.3 is 0 Å². The monoisotopic (exact) mass is 468 g/mol. The van der Waals surface area contributed by atoms with Gasteiger partial charge in [-0.05, 0) is 43.5 Å². The van der Waals surface area contributed by atoms with E-state index < -0.39 is 0 Å². The first-order chi connectivity index (χ1) is 10.7. The maximum Gasteiger partial charge on any atom is 0.191 e. The van der Waals surface area contributed by atoms with E-state index in [-0.39, 0.29) is 24.0 Å². The Hall–Kier alpha value is 0.01000. The van der Waals surface area contributed by atoms with Crippen molar-refractivity contribution < 1.29 is 0 Å². The van der Waals surface area contributed by atoms with E-state index in [9.17, 15) is 0 Å². The van der Waals surface area contributed by atoms with Gasteiger partial charge in [-0.2, -0.15) is 11.8 Å². The molecule has 0 aromatic carbocycles. The van der Waals surface area contributed by atoms with E-state index in [2.05, 4.69) is 47.1 Å². The van der Waals surface area contributed by atoms with Gasteiger partial charge in [0, 0.05) is 42.9 Å². The van der Waals surface area contributed by atoms with Gasteiger partial charge in [-0.25, -0.2) is 0 Å². The van der Waals surface area contributed by atoms with Crippen LogP contribution in [0.3, 0.4) is 0 Å². The summed E-state index contributed by atoms with van der Waals surface area (Å²) in [6.45, 7) is 9.33. The number of fused-ring (bicyclic) bond motifs is 1. The molecule has 2 heterocycles. The number of thiophene rings is 1. The fourth-order valence-electron chi connectivity index (χ4n) is 2.60. The third-order valence-corrected chi connectivity index (χ3v) is 5.55. The molecule has 1 atom stereocenters. The highest BCUT2D eigenvalue weighted by atomic mass is 127. The van der Waals surface area contributed by atoms with E-state index >= 15 is 0 Å². The van der Waals surface area contributed by atoms with Crippen LogP contribution in [0, 0.1) is 0 Å². The van der Waals surface area contributed by atoms with Crippen molar-refractivity contribution in [3.8, 4) is 0 Å². The van der Waals surface area contributed by atoms with Crippen molar-refractivity contribution in [3.05, 3.63) is 21.9 Å². The Morgan fingerprint density at radius 2 is 2.30 bits per heavy atom. The summed E-state index contributed by atoms with van der Waals surface area (Å²) < 4.78 is 0. The van der Waals surface area contributed by atoms with Gasteiger partial charge < -0.3 is 10.6 Å². The second-order valence-corrected chi connectivity index (χ2v) is 7.56. The molecular formula is C16H29IN4S2. The molecular weight excluding hydrogens is 439 g/mol. The number of thioether (sulfide) groups is 1. The fourth-order valence-corrected chi connectivity index (χ4v) is 3.79. The lowest BCUT2D eigenvalue weighted by Gasteiger charge is -2.31. The Morgan fingerprint density at radius 3 is 3.04 bits per heavy atom. The molecule has 23 heavy (non-hydrogen) atoms. The first-order valence-electron chi connectivity index (χ1n) is 8.05. The molecule has 0 bridgehead atoms. The van der Waals surface area contributed by atoms with Crippen molar-refractivity contribution in [1.29, 1.82) is 0 Å². The zero-order valence-corrected chi connectivity index (χ0v) is 18.3. The Morgan fingerprint density at radius 1 is 1.48 bits per heavy atom. The molecule has 1 aliphatic heterocycles. The molecule has 1 aromatic heterocycles. The SMILES string of the molecule is CCNC(=NCC(C)N1CCc2sccc2C1)NCCSC.I. The van der Waals surface area contributed by atoms with E-state index in [0.717, 1.165) is 44.4 Å². The second kappa shape index (κ2) is 11.5. The van der Waals surface area contributed by atoms with E-state index in [1.54, 1.807) is 4.88 Å². The van der Waals surface area contributed by atoms with E-state index in [4.69, 9.17) is 4.99 Å². The molecule has 0 amide bonds. The van der Waals surface area contributed by atoms with Crippen LogP contribution in [-0.2, 0) is 13.0 Å². The lowest BCUT2D eigenvalue weighted by atomic mass is 10.1. The Labute approximate surface area is 165 Å². The third-order valence-electron chi connectivity index (χ3n) is 3.92. The highest BCUT2D eigenvalue weighted by Gasteiger charge is 2.21. The zero-order valence-electron chi connectivity index (χ0n) is 14.3. The first kappa shape index (κ1) is 21.1. The van der Waals surface area contributed by atoms with Gasteiger partial charge in [0.15, 0.2) is 5.96 Å². The molecule has 2 rings (SSSR count). The molecule has 0 spiro atoms. The molecule has 0 saturated heterocycles. The molecule has 0 fully saturated rings. The van der Waals surface area contributed by atoms with Gasteiger partial charge in [-0.15, -0.1) is 35.3 Å². The topological polar surface area (TPSA) is 39.7 Å². The highest BCUT2D eigenvalue weighted by Crippen LogP contribution is 2.25. The zero-order chi connectivity index (χ0) is 15.8. The molecule has 0 aliphatic carbocycles. The first-order valence-corrected chi connectivity index (χ1v) is 10.3. The lowest BCUT2D eigenvalue weighted by Crippen LogP contribution is -2.42. The number of rotatable bonds is 7. The Kier molecular flexibility index (Phi) is 10.6. The Bertz CT molecular complexity index is 478. The number of halogens is 1. The van der Waals surface area contributed by atoms with Crippen LogP contribution in [0.15, 0.2) is 16.4 Å². The van der Waals surface area contributed by atoms with Crippen molar-refractivity contribution in [2.24, 2.45) is 4.99 Å². The van der Waals surface area contributed by atoms with Gasteiger partial charge in [0.2, 0.25) is 0 Å². The van der Waals surface area contributed by atoms with Gasteiger partial charge in [0.05, 0.1) is 6.54 Å². The molecule has 1 aromatic rings. The predicted molar refractivity (Wildman–Crippen MR) is 116 cm³/mol. The molecule has 2 N–H and O–H groups in total. The van der Waals surface area contributed by atoms with Crippen LogP contribution in [0.25, 0.3) is 0 Å². The van der Waals surface area contributed by atoms with Gasteiger partial charge in [0.25, 0.3) is 0 Å². The summed E-state index contributed by atoms with van der Waals surface area (Å²) in [7, 11) is 0. The number of guanidine groups is 1. The maximum absolute atomic E-state index is 4.75. The van der Waals surface area contributed by atoms with E-state index in [1.165, 1.54) is 12.0 Å². The lowest BCUT2D eigenvalue weighted by molar-refractivity contribution is 0.197. The minimum absolute atomic E-state index is 0. The van der Waals surface area contributed by atoms with Crippen LogP contribution in [0.4, 0.5) is 0 Å². The molecule has 0 radical (unpaired) electrons. The summed E-state index contributed by atoms with van der Waals surface area (Å²) in [6, 6.07) is 2.75. The average molecular weight is 468 g/mol. The van der Waals surface area contributed by atoms with Crippen molar-refractivity contribution in [1.82, 2.24) is 15.5 Å². The third kappa shape index (κ3) is 6.80. The van der Waals surface area contributed by atoms with Crippen molar-refractivity contribution >= 4 is 53.0 Å². The van der Waals surface area contributed by atoms with E-state index in [0.29, 0.717) is 6.04 Å².